The number of nitrogens with zero attached hydrogens (tertiary/aromatic N) is 2. The Morgan fingerprint density at radius 1 is 0.970 bits per heavy atom. The molecule has 5 heteroatoms. The zero-order valence-corrected chi connectivity index (χ0v) is 21.4. The molecular weight excluding hydrogens is 589 g/mol. The summed E-state index contributed by atoms with van der Waals surface area (Å²) in [5, 5.41) is 10.9. The maximum atomic E-state index is 10.0. The zero-order chi connectivity index (χ0) is 22.9. The predicted molar refractivity (Wildman–Crippen MR) is 128 cm³/mol. The number of allylic oxidation sites excluding steroid dienone is 2. The minimum absolute atomic E-state index is 0. The van der Waals surface area contributed by atoms with Crippen LogP contribution in [0.4, 0.5) is 0 Å². The first-order chi connectivity index (χ1) is 15.3. The number of aliphatic hydroxyl groups is 1. The summed E-state index contributed by atoms with van der Waals surface area (Å²) < 4.78 is 0. The van der Waals surface area contributed by atoms with E-state index in [1.165, 1.54) is 47.4 Å². The topological polar surface area (TPSA) is 63.1 Å². The molecule has 1 heterocycles. The Labute approximate surface area is 207 Å². The van der Waals surface area contributed by atoms with Crippen LogP contribution < -0.4 is 0 Å². The number of ketones is 1. The van der Waals surface area contributed by atoms with E-state index in [1.807, 2.05) is 18.2 Å². The van der Waals surface area contributed by atoms with Crippen LogP contribution in [0.15, 0.2) is 78.8 Å². The zero-order valence-electron chi connectivity index (χ0n) is 19.0. The van der Waals surface area contributed by atoms with Crippen molar-refractivity contribution in [3.05, 3.63) is 96.0 Å². The van der Waals surface area contributed by atoms with E-state index in [9.17, 15) is 4.79 Å². The first kappa shape index (κ1) is 24.5. The van der Waals surface area contributed by atoms with Gasteiger partial charge in [-0.1, -0.05) is 50.2 Å². The third kappa shape index (κ3) is 4.66. The third-order valence-electron chi connectivity index (χ3n) is 5.69. The molecule has 4 aromatic rings. The van der Waals surface area contributed by atoms with Gasteiger partial charge in [0.15, 0.2) is 5.78 Å². The Morgan fingerprint density at radius 3 is 2.30 bits per heavy atom. The SMILES string of the molecule is CC(=O)/C=C(/C)O.CC1(C)c2ccc3ccccc3c2-c2ncnc(-c3[c-]cccc3)c21.[Ir]. The first-order valence-corrected chi connectivity index (χ1v) is 10.5. The quantitative estimate of drug-likeness (QED) is 0.161. The van der Waals surface area contributed by atoms with Crippen LogP contribution in [-0.2, 0) is 30.3 Å². The second-order valence-corrected chi connectivity index (χ2v) is 8.45. The van der Waals surface area contributed by atoms with Gasteiger partial charge in [-0.15, -0.1) is 35.9 Å². The fourth-order valence-corrected chi connectivity index (χ4v) is 4.39. The normalized spacial score (nSPS) is 13.3. The van der Waals surface area contributed by atoms with E-state index in [4.69, 9.17) is 10.1 Å². The Hall–Kier alpha value is -3.14. The molecular formula is C28H25IrN2O2-. The van der Waals surface area contributed by atoms with Crippen LogP contribution in [0, 0.1) is 6.07 Å². The number of carbonyl (C=O) groups excluding carboxylic acids is 1. The van der Waals surface area contributed by atoms with Crippen molar-refractivity contribution in [1.29, 1.82) is 0 Å². The monoisotopic (exact) mass is 614 g/mol. The van der Waals surface area contributed by atoms with E-state index in [0.717, 1.165) is 17.0 Å². The molecule has 0 unspecified atom stereocenters. The van der Waals surface area contributed by atoms with Gasteiger partial charge in [-0.2, -0.15) is 0 Å². The van der Waals surface area contributed by atoms with Gasteiger partial charge in [0.05, 0.1) is 11.5 Å². The second-order valence-electron chi connectivity index (χ2n) is 8.45. The van der Waals surface area contributed by atoms with Gasteiger partial charge in [-0.25, -0.2) is 4.98 Å². The van der Waals surface area contributed by atoms with E-state index in [-0.39, 0.29) is 37.1 Å². The van der Waals surface area contributed by atoms with E-state index in [2.05, 4.69) is 67.4 Å². The van der Waals surface area contributed by atoms with Gasteiger partial charge in [-0.3, -0.25) is 9.78 Å². The molecule has 0 aliphatic heterocycles. The van der Waals surface area contributed by atoms with Crippen molar-refractivity contribution in [3.63, 3.8) is 0 Å². The molecule has 0 saturated heterocycles. The number of aliphatic hydroxyl groups excluding tert-OH is 1. The van der Waals surface area contributed by atoms with Crippen LogP contribution in [0.5, 0.6) is 0 Å². The summed E-state index contributed by atoms with van der Waals surface area (Å²) in [7, 11) is 0. The average molecular weight is 614 g/mol. The summed E-state index contributed by atoms with van der Waals surface area (Å²) in [6.07, 6.45) is 2.85. The van der Waals surface area contributed by atoms with E-state index in [1.54, 1.807) is 6.33 Å². The number of fused-ring (bicyclic) bond motifs is 5. The summed E-state index contributed by atoms with van der Waals surface area (Å²) in [5.41, 5.74) is 6.68. The average Bonchev–Trinajstić information content (AvgIpc) is 3.01. The van der Waals surface area contributed by atoms with Gasteiger partial charge >= 0.3 is 0 Å². The van der Waals surface area contributed by atoms with Crippen molar-refractivity contribution < 1.29 is 30.0 Å². The molecule has 1 aliphatic rings. The molecule has 5 rings (SSSR count). The van der Waals surface area contributed by atoms with Gasteiger partial charge in [-0.05, 0) is 41.4 Å². The predicted octanol–water partition coefficient (Wildman–Crippen LogP) is 6.44. The Balaban J connectivity index is 0.000000337. The van der Waals surface area contributed by atoms with Gasteiger partial charge in [0, 0.05) is 37.2 Å². The molecule has 4 nitrogen and oxygen atoms in total. The summed E-state index contributed by atoms with van der Waals surface area (Å²) in [4.78, 5) is 19.4. The number of hydrogen-bond acceptors (Lipinski definition) is 4. The van der Waals surface area contributed by atoms with Gasteiger partial charge in [0.25, 0.3) is 0 Å². The van der Waals surface area contributed by atoms with Gasteiger partial charge in [0.1, 0.15) is 6.33 Å². The first-order valence-electron chi connectivity index (χ1n) is 10.5. The van der Waals surface area contributed by atoms with Crippen molar-refractivity contribution in [3.8, 4) is 22.5 Å². The molecule has 1 N–H and O–H groups in total. The van der Waals surface area contributed by atoms with E-state index >= 15 is 0 Å². The van der Waals surface area contributed by atoms with Crippen molar-refractivity contribution >= 4 is 16.6 Å². The molecule has 169 valence electrons. The van der Waals surface area contributed by atoms with Crippen LogP contribution in [0.2, 0.25) is 0 Å². The molecule has 33 heavy (non-hydrogen) atoms. The Bertz CT molecular complexity index is 1340. The summed E-state index contributed by atoms with van der Waals surface area (Å²) >= 11 is 0. The molecule has 0 amide bonds. The maximum Gasteiger partial charge on any atom is 0.155 e. The van der Waals surface area contributed by atoms with Crippen LogP contribution in [0.3, 0.4) is 0 Å². The van der Waals surface area contributed by atoms with Crippen molar-refractivity contribution in [2.45, 2.75) is 33.1 Å². The summed E-state index contributed by atoms with van der Waals surface area (Å²) in [6, 6.07) is 24.3. The third-order valence-corrected chi connectivity index (χ3v) is 5.69. The minimum Gasteiger partial charge on any atom is -0.512 e. The molecule has 1 aliphatic carbocycles. The number of aromatic nitrogens is 2. The Morgan fingerprint density at radius 2 is 1.67 bits per heavy atom. The van der Waals surface area contributed by atoms with Crippen molar-refractivity contribution in [2.75, 3.05) is 0 Å². The molecule has 0 spiro atoms. The molecule has 0 atom stereocenters. The van der Waals surface area contributed by atoms with E-state index < -0.39 is 0 Å². The summed E-state index contributed by atoms with van der Waals surface area (Å²) in [6.45, 7) is 7.38. The number of carbonyl (C=O) groups is 1. The molecule has 0 bridgehead atoms. The number of rotatable bonds is 2. The molecule has 0 fully saturated rings. The van der Waals surface area contributed by atoms with Crippen LogP contribution in [-0.4, -0.2) is 20.9 Å². The van der Waals surface area contributed by atoms with Gasteiger partial charge in [0.2, 0.25) is 0 Å². The van der Waals surface area contributed by atoms with Crippen molar-refractivity contribution in [2.24, 2.45) is 0 Å². The van der Waals surface area contributed by atoms with Crippen LogP contribution in [0.1, 0.15) is 38.8 Å². The molecule has 1 aromatic heterocycles. The minimum atomic E-state index is -0.144. The maximum absolute atomic E-state index is 10.0. The smallest absolute Gasteiger partial charge is 0.155 e. The number of hydrogen-bond donors (Lipinski definition) is 1. The van der Waals surface area contributed by atoms with Crippen LogP contribution >= 0.6 is 0 Å². The standard InChI is InChI=1S/C23H17N2.C5H8O2.Ir/c1-23(2)18-13-12-15-8-6-7-11-17(15)19(18)22-20(23)21(24-14-25-22)16-9-4-3-5-10-16;1-4(6)3-5(2)7;/h3-9,11-14H,1-2H3;3,6H,1-2H3;/q-1;;/b;4-3-;. The van der Waals surface area contributed by atoms with E-state index in [0.29, 0.717) is 0 Å². The van der Waals surface area contributed by atoms with Crippen molar-refractivity contribution in [1.82, 2.24) is 9.97 Å². The number of benzene rings is 3. The van der Waals surface area contributed by atoms with Crippen LogP contribution in [0.25, 0.3) is 33.3 Å². The van der Waals surface area contributed by atoms with Gasteiger partial charge < -0.3 is 5.11 Å². The summed E-state index contributed by atoms with van der Waals surface area (Å²) in [5.74, 6) is -0.0625. The fraction of sp³-hybridized carbons (Fsp3) is 0.179. The fourth-order valence-electron chi connectivity index (χ4n) is 4.39. The largest absolute Gasteiger partial charge is 0.512 e. The molecule has 3 aromatic carbocycles. The Kier molecular flexibility index (Phi) is 7.26. The molecule has 0 saturated carbocycles. The second kappa shape index (κ2) is 9.78. The molecule has 1 radical (unpaired) electrons.